The lowest BCUT2D eigenvalue weighted by Crippen LogP contribution is -2.41. The third-order valence-electron chi connectivity index (χ3n) is 4.99. The number of para-hydroxylation sites is 2. The SMILES string of the molecule is COC(=O)N1CCC(C(=O)Nc2ccc(-c3nc4ccccc4o3)cc2)CC1. The average molecular weight is 379 g/mol. The van der Waals surface area contributed by atoms with Gasteiger partial charge in [0.05, 0.1) is 7.11 Å². The number of hydrogen-bond acceptors (Lipinski definition) is 5. The van der Waals surface area contributed by atoms with Crippen LogP contribution in [0.25, 0.3) is 22.6 Å². The summed E-state index contributed by atoms with van der Waals surface area (Å²) in [5.41, 5.74) is 3.13. The zero-order valence-corrected chi connectivity index (χ0v) is 15.6. The standard InChI is InChI=1S/C21H21N3O4/c1-27-21(26)24-12-10-14(11-13-24)19(25)22-16-8-6-15(7-9-16)20-23-17-4-2-3-5-18(17)28-20/h2-9,14H,10-13H2,1H3,(H,22,25). The minimum Gasteiger partial charge on any atom is -0.453 e. The van der Waals surface area contributed by atoms with Crippen molar-refractivity contribution in [2.45, 2.75) is 12.8 Å². The topological polar surface area (TPSA) is 84.7 Å². The maximum Gasteiger partial charge on any atom is 0.409 e. The first-order chi connectivity index (χ1) is 13.6. The normalized spacial score (nSPS) is 14.8. The summed E-state index contributed by atoms with van der Waals surface area (Å²) in [6.07, 6.45) is 0.915. The predicted molar refractivity (Wildman–Crippen MR) is 105 cm³/mol. The molecule has 1 fully saturated rings. The maximum atomic E-state index is 12.5. The van der Waals surface area contributed by atoms with Crippen LogP contribution in [0.2, 0.25) is 0 Å². The van der Waals surface area contributed by atoms with E-state index in [0.29, 0.717) is 31.8 Å². The van der Waals surface area contributed by atoms with Crippen molar-refractivity contribution in [3.8, 4) is 11.5 Å². The Kier molecular flexibility index (Phi) is 4.97. The van der Waals surface area contributed by atoms with Crippen molar-refractivity contribution < 1.29 is 18.7 Å². The van der Waals surface area contributed by atoms with Crippen molar-refractivity contribution in [3.05, 3.63) is 48.5 Å². The number of benzene rings is 2. The van der Waals surface area contributed by atoms with Crippen molar-refractivity contribution in [3.63, 3.8) is 0 Å². The molecule has 0 unspecified atom stereocenters. The molecule has 0 aliphatic carbocycles. The van der Waals surface area contributed by atoms with Crippen molar-refractivity contribution in [2.75, 3.05) is 25.5 Å². The van der Waals surface area contributed by atoms with Gasteiger partial charge in [0.1, 0.15) is 5.52 Å². The first-order valence-corrected chi connectivity index (χ1v) is 9.24. The first-order valence-electron chi connectivity index (χ1n) is 9.24. The van der Waals surface area contributed by atoms with E-state index in [2.05, 4.69) is 10.3 Å². The van der Waals surface area contributed by atoms with Crippen molar-refractivity contribution >= 4 is 28.8 Å². The van der Waals surface area contributed by atoms with Crippen LogP contribution in [0.5, 0.6) is 0 Å². The molecule has 0 radical (unpaired) electrons. The van der Waals surface area contributed by atoms with Crippen LogP contribution in [0, 0.1) is 5.92 Å². The van der Waals surface area contributed by atoms with E-state index in [0.717, 1.165) is 22.4 Å². The Labute approximate surface area is 162 Å². The van der Waals surface area contributed by atoms with Crippen molar-refractivity contribution in [2.24, 2.45) is 5.92 Å². The Hall–Kier alpha value is -3.35. The Morgan fingerprint density at radius 2 is 1.82 bits per heavy atom. The lowest BCUT2D eigenvalue weighted by Gasteiger charge is -2.30. The second-order valence-electron chi connectivity index (χ2n) is 6.78. The van der Waals surface area contributed by atoms with Gasteiger partial charge in [-0.05, 0) is 49.2 Å². The van der Waals surface area contributed by atoms with E-state index in [9.17, 15) is 9.59 Å². The Morgan fingerprint density at radius 1 is 1.11 bits per heavy atom. The van der Waals surface area contributed by atoms with Crippen LogP contribution in [0.1, 0.15) is 12.8 Å². The number of nitrogens with one attached hydrogen (secondary N) is 1. The molecule has 28 heavy (non-hydrogen) atoms. The number of oxazole rings is 1. The average Bonchev–Trinajstić information content (AvgIpc) is 3.18. The van der Waals surface area contributed by atoms with Crippen molar-refractivity contribution in [1.82, 2.24) is 9.88 Å². The Bertz CT molecular complexity index is 955. The second kappa shape index (κ2) is 7.72. The zero-order chi connectivity index (χ0) is 19.5. The summed E-state index contributed by atoms with van der Waals surface area (Å²) in [7, 11) is 1.37. The molecule has 1 aromatic heterocycles. The number of carbonyl (C=O) groups excluding carboxylic acids is 2. The maximum absolute atomic E-state index is 12.5. The fourth-order valence-corrected chi connectivity index (χ4v) is 3.39. The van der Waals surface area contributed by atoms with Crippen LogP contribution in [-0.2, 0) is 9.53 Å². The molecule has 2 aromatic carbocycles. The summed E-state index contributed by atoms with van der Waals surface area (Å²) in [5, 5.41) is 2.95. The van der Waals surface area contributed by atoms with Gasteiger partial charge in [-0.3, -0.25) is 4.79 Å². The van der Waals surface area contributed by atoms with Gasteiger partial charge in [0.2, 0.25) is 11.8 Å². The summed E-state index contributed by atoms with van der Waals surface area (Å²) >= 11 is 0. The molecule has 1 aliphatic heterocycles. The highest BCUT2D eigenvalue weighted by Crippen LogP contribution is 2.26. The van der Waals surface area contributed by atoms with E-state index in [-0.39, 0.29) is 17.9 Å². The number of rotatable bonds is 3. The van der Waals surface area contributed by atoms with Crippen LogP contribution in [0.4, 0.5) is 10.5 Å². The molecule has 4 rings (SSSR count). The third-order valence-corrected chi connectivity index (χ3v) is 4.99. The van der Waals surface area contributed by atoms with Crippen LogP contribution in [0.3, 0.4) is 0 Å². The van der Waals surface area contributed by atoms with Gasteiger partial charge in [0.25, 0.3) is 0 Å². The minimum atomic E-state index is -0.339. The lowest BCUT2D eigenvalue weighted by atomic mass is 9.96. The largest absolute Gasteiger partial charge is 0.453 e. The number of ether oxygens (including phenoxy) is 1. The number of piperidine rings is 1. The van der Waals surface area contributed by atoms with E-state index in [1.54, 1.807) is 4.90 Å². The molecule has 1 saturated heterocycles. The molecule has 1 N–H and O–H groups in total. The number of aromatic nitrogens is 1. The first kappa shape index (κ1) is 18.0. The number of anilines is 1. The van der Waals surface area contributed by atoms with Gasteiger partial charge in [0.15, 0.2) is 5.58 Å². The number of nitrogens with zero attached hydrogens (tertiary/aromatic N) is 2. The summed E-state index contributed by atoms with van der Waals surface area (Å²) in [6, 6.07) is 15.0. The molecular formula is C21H21N3O4. The molecule has 0 spiro atoms. The summed E-state index contributed by atoms with van der Waals surface area (Å²) in [5.74, 6) is 0.408. The molecule has 7 nitrogen and oxygen atoms in total. The van der Waals surface area contributed by atoms with E-state index in [1.807, 2.05) is 48.5 Å². The van der Waals surface area contributed by atoms with E-state index in [4.69, 9.17) is 9.15 Å². The smallest absolute Gasteiger partial charge is 0.409 e. The number of likely N-dealkylation sites (tertiary alicyclic amines) is 1. The number of fused-ring (bicyclic) bond motifs is 1. The molecule has 0 saturated carbocycles. The van der Waals surface area contributed by atoms with Gasteiger partial charge in [0, 0.05) is 30.3 Å². The molecule has 0 atom stereocenters. The molecule has 3 aromatic rings. The molecule has 2 heterocycles. The molecule has 144 valence electrons. The lowest BCUT2D eigenvalue weighted by molar-refractivity contribution is -0.121. The highest BCUT2D eigenvalue weighted by molar-refractivity contribution is 5.93. The monoisotopic (exact) mass is 379 g/mol. The zero-order valence-electron chi connectivity index (χ0n) is 15.6. The fourth-order valence-electron chi connectivity index (χ4n) is 3.39. The minimum absolute atomic E-state index is 0.0286. The molecule has 7 heteroatoms. The number of hydrogen-bond donors (Lipinski definition) is 1. The van der Waals surface area contributed by atoms with Crippen molar-refractivity contribution in [1.29, 1.82) is 0 Å². The quantitative estimate of drug-likeness (QED) is 0.746. The summed E-state index contributed by atoms with van der Waals surface area (Å²) in [6.45, 7) is 1.06. The van der Waals surface area contributed by atoms with Gasteiger partial charge in [-0.1, -0.05) is 12.1 Å². The summed E-state index contributed by atoms with van der Waals surface area (Å²) < 4.78 is 10.5. The van der Waals surface area contributed by atoms with Gasteiger partial charge < -0.3 is 19.4 Å². The number of methoxy groups -OCH3 is 1. The summed E-state index contributed by atoms with van der Waals surface area (Å²) in [4.78, 5) is 30.1. The number of carbonyl (C=O) groups is 2. The third kappa shape index (κ3) is 3.69. The van der Waals surface area contributed by atoms with E-state index >= 15 is 0 Å². The van der Waals surface area contributed by atoms with E-state index in [1.165, 1.54) is 7.11 Å². The Morgan fingerprint density at radius 3 is 2.50 bits per heavy atom. The fraction of sp³-hybridized carbons (Fsp3) is 0.286. The van der Waals surface area contributed by atoms with Crippen LogP contribution >= 0.6 is 0 Å². The Balaban J connectivity index is 1.38. The molecule has 1 aliphatic rings. The molecule has 2 amide bonds. The van der Waals surface area contributed by atoms with Crippen LogP contribution in [-0.4, -0.2) is 42.1 Å². The van der Waals surface area contributed by atoms with Gasteiger partial charge >= 0.3 is 6.09 Å². The molecule has 0 bridgehead atoms. The van der Waals surface area contributed by atoms with E-state index < -0.39 is 0 Å². The second-order valence-corrected chi connectivity index (χ2v) is 6.78. The van der Waals surface area contributed by atoms with Crippen LogP contribution in [0.15, 0.2) is 52.9 Å². The van der Waals surface area contributed by atoms with Crippen LogP contribution < -0.4 is 5.32 Å². The number of amides is 2. The predicted octanol–water partition coefficient (Wildman–Crippen LogP) is 3.91. The highest BCUT2D eigenvalue weighted by Gasteiger charge is 2.27. The van der Waals surface area contributed by atoms with Gasteiger partial charge in [-0.15, -0.1) is 0 Å². The van der Waals surface area contributed by atoms with Gasteiger partial charge in [-0.2, -0.15) is 0 Å². The van der Waals surface area contributed by atoms with Gasteiger partial charge in [-0.25, -0.2) is 9.78 Å². The molecular weight excluding hydrogens is 358 g/mol. The highest BCUT2D eigenvalue weighted by atomic mass is 16.5.